The largest absolute Gasteiger partial charge is 0.478 e. The van der Waals surface area contributed by atoms with Crippen LogP contribution in [0.5, 0.6) is 0 Å². The van der Waals surface area contributed by atoms with Gasteiger partial charge in [0.25, 0.3) is 0 Å². The lowest BCUT2D eigenvalue weighted by Gasteiger charge is -2.39. The number of aromatic carboxylic acids is 1. The summed E-state index contributed by atoms with van der Waals surface area (Å²) >= 11 is 3.27. The second-order valence-electron chi connectivity index (χ2n) is 4.88. The van der Waals surface area contributed by atoms with Crippen molar-refractivity contribution in [3.8, 4) is 0 Å². The van der Waals surface area contributed by atoms with Crippen LogP contribution in [-0.2, 0) is 0 Å². The number of rotatable bonds is 2. The summed E-state index contributed by atoms with van der Waals surface area (Å²) in [5, 5.41) is 9.29. The van der Waals surface area contributed by atoms with Crippen LogP contribution in [0, 0.1) is 5.92 Å². The first-order valence-electron chi connectivity index (χ1n) is 6.16. The average molecular weight is 313 g/mol. The van der Waals surface area contributed by atoms with Crippen LogP contribution >= 0.6 is 15.9 Å². The van der Waals surface area contributed by atoms with Gasteiger partial charge in [-0.3, -0.25) is 0 Å². The standard InChI is InChI=1S/C13H17BrN2O2/c1-8-4-3-5-16(9(8)2)12-11(13(17)18)6-10(14)7-15-12/h6-9H,3-5H2,1-2H3,(H,17,18). The molecule has 18 heavy (non-hydrogen) atoms. The number of nitrogens with zero attached hydrogens (tertiary/aromatic N) is 2. The molecule has 98 valence electrons. The van der Waals surface area contributed by atoms with E-state index < -0.39 is 5.97 Å². The maximum atomic E-state index is 11.3. The van der Waals surface area contributed by atoms with Crippen LogP contribution in [0.4, 0.5) is 5.82 Å². The lowest BCUT2D eigenvalue weighted by molar-refractivity contribution is 0.0696. The molecule has 1 N–H and O–H groups in total. The molecule has 1 fully saturated rings. The number of pyridine rings is 1. The van der Waals surface area contributed by atoms with Crippen molar-refractivity contribution in [1.82, 2.24) is 4.98 Å². The van der Waals surface area contributed by atoms with Crippen LogP contribution in [0.15, 0.2) is 16.7 Å². The predicted octanol–water partition coefficient (Wildman–Crippen LogP) is 3.17. The quantitative estimate of drug-likeness (QED) is 0.911. The Morgan fingerprint density at radius 3 is 2.94 bits per heavy atom. The molecule has 2 heterocycles. The molecule has 0 saturated carbocycles. The molecule has 1 aliphatic rings. The van der Waals surface area contributed by atoms with Crippen LogP contribution in [0.3, 0.4) is 0 Å². The lowest BCUT2D eigenvalue weighted by atomic mass is 9.92. The fourth-order valence-electron chi connectivity index (χ4n) is 2.45. The zero-order valence-electron chi connectivity index (χ0n) is 10.6. The Balaban J connectivity index is 2.40. The molecule has 1 aromatic heterocycles. The van der Waals surface area contributed by atoms with Gasteiger partial charge >= 0.3 is 5.97 Å². The third kappa shape index (κ3) is 2.51. The number of carbonyl (C=O) groups is 1. The molecule has 1 aromatic rings. The first kappa shape index (κ1) is 13.3. The van der Waals surface area contributed by atoms with Crippen LogP contribution in [0.25, 0.3) is 0 Å². The maximum absolute atomic E-state index is 11.3. The Bertz CT molecular complexity index is 464. The Labute approximate surface area is 115 Å². The van der Waals surface area contributed by atoms with Gasteiger partial charge in [-0.05, 0) is 47.7 Å². The number of hydrogen-bond donors (Lipinski definition) is 1. The van der Waals surface area contributed by atoms with E-state index in [0.717, 1.165) is 13.0 Å². The maximum Gasteiger partial charge on any atom is 0.339 e. The number of anilines is 1. The number of aromatic nitrogens is 1. The van der Waals surface area contributed by atoms with Crippen molar-refractivity contribution in [2.24, 2.45) is 5.92 Å². The minimum atomic E-state index is -0.927. The number of piperidine rings is 1. The van der Waals surface area contributed by atoms with Gasteiger partial charge in [-0.15, -0.1) is 0 Å². The van der Waals surface area contributed by atoms with E-state index in [1.807, 2.05) is 0 Å². The van der Waals surface area contributed by atoms with E-state index in [9.17, 15) is 9.90 Å². The summed E-state index contributed by atoms with van der Waals surface area (Å²) in [7, 11) is 0. The molecular formula is C13H17BrN2O2. The second-order valence-corrected chi connectivity index (χ2v) is 5.80. The van der Waals surface area contributed by atoms with Crippen LogP contribution in [0.2, 0.25) is 0 Å². The van der Waals surface area contributed by atoms with Gasteiger partial charge in [0, 0.05) is 23.3 Å². The number of carboxylic acid groups (broad SMARTS) is 1. The normalized spacial score (nSPS) is 24.1. The molecule has 2 rings (SSSR count). The van der Waals surface area contributed by atoms with E-state index in [1.54, 1.807) is 12.3 Å². The second kappa shape index (κ2) is 5.26. The molecule has 1 saturated heterocycles. The number of halogens is 1. The Kier molecular flexibility index (Phi) is 3.90. The predicted molar refractivity (Wildman–Crippen MR) is 74.1 cm³/mol. The molecule has 4 nitrogen and oxygen atoms in total. The van der Waals surface area contributed by atoms with Gasteiger partial charge in [0.1, 0.15) is 11.4 Å². The monoisotopic (exact) mass is 312 g/mol. The van der Waals surface area contributed by atoms with Gasteiger partial charge in [0.15, 0.2) is 0 Å². The summed E-state index contributed by atoms with van der Waals surface area (Å²) in [4.78, 5) is 17.7. The summed E-state index contributed by atoms with van der Waals surface area (Å²) in [6.45, 7) is 5.22. The van der Waals surface area contributed by atoms with Gasteiger partial charge in [-0.2, -0.15) is 0 Å². The molecule has 0 amide bonds. The van der Waals surface area contributed by atoms with Crippen molar-refractivity contribution in [2.45, 2.75) is 32.7 Å². The summed E-state index contributed by atoms with van der Waals surface area (Å²) in [5.41, 5.74) is 0.269. The van der Waals surface area contributed by atoms with Gasteiger partial charge in [-0.25, -0.2) is 9.78 Å². The van der Waals surface area contributed by atoms with Crippen LogP contribution < -0.4 is 4.90 Å². The van der Waals surface area contributed by atoms with E-state index >= 15 is 0 Å². The Hall–Kier alpha value is -1.10. The highest BCUT2D eigenvalue weighted by molar-refractivity contribution is 9.10. The van der Waals surface area contributed by atoms with E-state index in [0.29, 0.717) is 22.3 Å². The average Bonchev–Trinajstić information content (AvgIpc) is 2.33. The molecule has 2 unspecified atom stereocenters. The SMILES string of the molecule is CC1CCCN(c2ncc(Br)cc2C(=O)O)C1C. The van der Waals surface area contributed by atoms with E-state index in [4.69, 9.17) is 0 Å². The topological polar surface area (TPSA) is 53.4 Å². The highest BCUT2D eigenvalue weighted by atomic mass is 79.9. The third-order valence-corrected chi connectivity index (χ3v) is 4.14. The van der Waals surface area contributed by atoms with Crippen LogP contribution in [-0.4, -0.2) is 28.6 Å². The molecular weight excluding hydrogens is 296 g/mol. The van der Waals surface area contributed by atoms with Crippen molar-refractivity contribution < 1.29 is 9.90 Å². The molecule has 0 aromatic carbocycles. The summed E-state index contributed by atoms with van der Waals surface area (Å²) < 4.78 is 0.696. The zero-order valence-corrected chi connectivity index (χ0v) is 12.1. The summed E-state index contributed by atoms with van der Waals surface area (Å²) in [6, 6.07) is 1.95. The van der Waals surface area contributed by atoms with Crippen molar-refractivity contribution in [3.63, 3.8) is 0 Å². The Morgan fingerprint density at radius 2 is 2.28 bits per heavy atom. The highest BCUT2D eigenvalue weighted by Crippen LogP contribution is 2.30. The number of carboxylic acids is 1. The molecule has 0 bridgehead atoms. The summed E-state index contributed by atoms with van der Waals surface area (Å²) in [5.74, 6) is 0.222. The fourth-order valence-corrected chi connectivity index (χ4v) is 2.78. The minimum Gasteiger partial charge on any atom is -0.478 e. The molecule has 0 aliphatic carbocycles. The van der Waals surface area contributed by atoms with Gasteiger partial charge < -0.3 is 10.0 Å². The number of hydrogen-bond acceptors (Lipinski definition) is 3. The first-order chi connectivity index (χ1) is 8.50. The molecule has 0 radical (unpaired) electrons. The van der Waals surface area contributed by atoms with E-state index in [1.165, 1.54) is 6.42 Å². The molecule has 5 heteroatoms. The summed E-state index contributed by atoms with van der Waals surface area (Å²) in [6.07, 6.45) is 3.94. The van der Waals surface area contributed by atoms with Crippen molar-refractivity contribution >= 4 is 27.7 Å². The smallest absolute Gasteiger partial charge is 0.339 e. The highest BCUT2D eigenvalue weighted by Gasteiger charge is 2.28. The fraction of sp³-hybridized carbons (Fsp3) is 0.538. The van der Waals surface area contributed by atoms with Gasteiger partial charge in [0.2, 0.25) is 0 Å². The van der Waals surface area contributed by atoms with E-state index in [2.05, 4.69) is 39.7 Å². The molecule has 1 aliphatic heterocycles. The lowest BCUT2D eigenvalue weighted by Crippen LogP contribution is -2.43. The third-order valence-electron chi connectivity index (χ3n) is 3.71. The van der Waals surface area contributed by atoms with Crippen LogP contribution in [0.1, 0.15) is 37.0 Å². The molecule has 2 atom stereocenters. The first-order valence-corrected chi connectivity index (χ1v) is 6.95. The minimum absolute atomic E-state index is 0.269. The molecule has 0 spiro atoms. The van der Waals surface area contributed by atoms with Gasteiger partial charge in [0.05, 0.1) is 0 Å². The van der Waals surface area contributed by atoms with E-state index in [-0.39, 0.29) is 5.56 Å². The van der Waals surface area contributed by atoms with Crippen molar-refractivity contribution in [3.05, 3.63) is 22.3 Å². The van der Waals surface area contributed by atoms with Crippen molar-refractivity contribution in [1.29, 1.82) is 0 Å². The zero-order chi connectivity index (χ0) is 13.3. The van der Waals surface area contributed by atoms with Gasteiger partial charge in [-0.1, -0.05) is 6.92 Å². The Morgan fingerprint density at radius 1 is 1.56 bits per heavy atom. The van der Waals surface area contributed by atoms with Crippen molar-refractivity contribution in [2.75, 3.05) is 11.4 Å².